The van der Waals surface area contributed by atoms with Crippen molar-refractivity contribution < 1.29 is 117 Å². The average Bonchev–Trinajstić information content (AvgIpc) is 0.907. The van der Waals surface area contributed by atoms with Crippen molar-refractivity contribution in [2.75, 3.05) is 30.4 Å². The molecule has 1 rings (SSSR count). The minimum absolute atomic E-state index is 0. The lowest BCUT2D eigenvalue weighted by atomic mass is 10.00. The van der Waals surface area contributed by atoms with Gasteiger partial charge in [0, 0.05) is 143 Å². The van der Waals surface area contributed by atoms with Crippen molar-refractivity contribution in [3.63, 3.8) is 0 Å². The number of rotatable bonds is 50. The van der Waals surface area contributed by atoms with Crippen LogP contribution in [0.2, 0.25) is 0 Å². The number of Topliss-reactive ketones (excluding diaryl/α,β-unsaturated/α-hetero) is 8. The summed E-state index contributed by atoms with van der Waals surface area (Å²) in [5.41, 5.74) is 6.24. The van der Waals surface area contributed by atoms with Crippen LogP contribution in [0.3, 0.4) is 0 Å². The van der Waals surface area contributed by atoms with E-state index in [0.717, 1.165) is 19.3 Å². The Hall–Kier alpha value is -9.27. The number of primary amides is 1. The zero-order valence-electron chi connectivity index (χ0n) is 87.7. The van der Waals surface area contributed by atoms with Gasteiger partial charge in [-0.3, -0.25) is 62.3 Å². The number of anilines is 2. The topological polar surface area (TPSA) is 591 Å². The summed E-state index contributed by atoms with van der Waals surface area (Å²) in [6.07, 6.45) is -2.78. The van der Waals surface area contributed by atoms with Gasteiger partial charge in [0.05, 0.1) is 0 Å². The SMILES string of the molecule is C.CC(C)CC(=O)C(=O)NC(C)C.CC(C)CC(=O)CCC(=O)NC(C)C.CC(C)CC(=O)CCCCCNC(N)=O.CC(C)CC(=O)COCC(=O)CC(C)C.CC(C)CC(=O)[C@@H](O)[C@H](O)C(=O)NC(C)C.CC(C)CC(=O)[C@H](O)[C@@H](O)C(=O)NC(C)C.CC(C)CC(=O)[C@H](O)[C@H](O)C(=O)NC(C)C.CC(C)NC(=O)NC(C)C.CC(C)NC(=O)Nc1ccc(NC(=O)NC(C)C)cc1. The lowest BCUT2D eigenvalue weighted by molar-refractivity contribution is -0.145. The molecule has 1 aromatic carbocycles. The average molecular weight is 1930 g/mol. The maximum absolute atomic E-state index is 11.5. The second-order valence-electron chi connectivity index (χ2n) is 38.9. The van der Waals surface area contributed by atoms with E-state index in [1.165, 1.54) is 0 Å². The molecule has 0 heterocycles. The van der Waals surface area contributed by atoms with Gasteiger partial charge in [-0.25, -0.2) is 19.2 Å². The van der Waals surface area contributed by atoms with Crippen molar-refractivity contribution in [1.82, 2.24) is 53.2 Å². The van der Waals surface area contributed by atoms with Crippen LogP contribution in [0.1, 0.15) is 333 Å². The fourth-order valence-corrected chi connectivity index (χ4v) is 10.4. The quantitative estimate of drug-likeness (QED) is 0.0213. The highest BCUT2D eigenvalue weighted by molar-refractivity contribution is 6.36. The number of aliphatic hydroxyl groups excluding tert-OH is 6. The van der Waals surface area contributed by atoms with Crippen LogP contribution in [-0.4, -0.2) is 241 Å². The number of benzene rings is 1. The van der Waals surface area contributed by atoms with Gasteiger partial charge in [0.15, 0.2) is 47.2 Å². The van der Waals surface area contributed by atoms with E-state index in [1.807, 2.05) is 180 Å². The van der Waals surface area contributed by atoms with E-state index in [2.05, 4.69) is 77.6 Å². The van der Waals surface area contributed by atoms with Crippen LogP contribution in [0.25, 0.3) is 0 Å². The molecule has 0 fully saturated rings. The molecular formula is C98H187N13O24. The Kier molecular flexibility index (Phi) is 89.4. The summed E-state index contributed by atoms with van der Waals surface area (Å²) in [6.45, 7) is 64.7. The van der Waals surface area contributed by atoms with E-state index in [4.69, 9.17) is 10.5 Å². The number of ether oxygens (including phenoxy) is 1. The monoisotopic (exact) mass is 1930 g/mol. The van der Waals surface area contributed by atoms with E-state index < -0.39 is 83.6 Å². The minimum Gasteiger partial charge on any atom is -0.382 e. The maximum Gasteiger partial charge on any atom is 0.319 e. The highest BCUT2D eigenvalue weighted by atomic mass is 16.5. The Balaban J connectivity index is -0.000000190. The number of hydrogen-bond donors (Lipinski definition) is 19. The molecule has 0 unspecified atom stereocenters. The molecule has 0 aliphatic rings. The van der Waals surface area contributed by atoms with Gasteiger partial charge in [-0.15, -0.1) is 0 Å². The summed E-state index contributed by atoms with van der Waals surface area (Å²) in [6, 6.07) is 6.16. The fourth-order valence-electron chi connectivity index (χ4n) is 10.4. The summed E-state index contributed by atoms with van der Waals surface area (Å²) < 4.78 is 5.06. The van der Waals surface area contributed by atoms with Crippen molar-refractivity contribution in [3.8, 4) is 0 Å². The zero-order chi connectivity index (χ0) is 106. The summed E-state index contributed by atoms with van der Waals surface area (Å²) in [5, 5.41) is 88.1. The Morgan fingerprint density at radius 1 is 0.281 bits per heavy atom. The summed E-state index contributed by atoms with van der Waals surface area (Å²) in [5.74, 6) is -1.80. The van der Waals surface area contributed by atoms with E-state index in [0.29, 0.717) is 98.7 Å². The molecule has 0 spiro atoms. The molecule has 37 nitrogen and oxygen atoms in total. The molecule has 135 heavy (non-hydrogen) atoms. The van der Waals surface area contributed by atoms with Gasteiger partial charge >= 0.3 is 24.1 Å². The maximum atomic E-state index is 11.5. The highest BCUT2D eigenvalue weighted by Crippen LogP contribution is 2.16. The van der Waals surface area contributed by atoms with E-state index >= 15 is 0 Å². The van der Waals surface area contributed by atoms with Gasteiger partial charge in [0.2, 0.25) is 11.7 Å². The number of nitrogens with two attached hydrogens (primary N) is 1. The second kappa shape index (κ2) is 84.0. The van der Waals surface area contributed by atoms with Crippen molar-refractivity contribution in [1.29, 1.82) is 0 Å². The van der Waals surface area contributed by atoms with Gasteiger partial charge in [0.25, 0.3) is 23.6 Å². The Bertz CT molecular complexity index is 3170. The van der Waals surface area contributed by atoms with Crippen molar-refractivity contribution in [2.45, 2.75) is 424 Å². The molecule has 37 heteroatoms. The highest BCUT2D eigenvalue weighted by Gasteiger charge is 2.33. The van der Waals surface area contributed by atoms with Gasteiger partial charge in [0.1, 0.15) is 43.1 Å². The molecule has 788 valence electrons. The first-order valence-electron chi connectivity index (χ1n) is 47.1. The van der Waals surface area contributed by atoms with E-state index in [-0.39, 0.29) is 165 Å². The first-order valence-corrected chi connectivity index (χ1v) is 47.1. The molecule has 20 N–H and O–H groups in total. The lowest BCUT2D eigenvalue weighted by Crippen LogP contribution is -2.47. The number of unbranched alkanes of at least 4 members (excludes halogenated alkanes) is 2. The predicted octanol–water partition coefficient (Wildman–Crippen LogP) is 11.1. The van der Waals surface area contributed by atoms with Gasteiger partial charge in [-0.05, 0) is 209 Å². The molecule has 0 aromatic heterocycles. The molecular weight excluding hydrogens is 1740 g/mol. The summed E-state index contributed by atoms with van der Waals surface area (Å²) in [4.78, 5) is 191. The van der Waals surface area contributed by atoms with Crippen LogP contribution < -0.4 is 69.5 Å². The second-order valence-corrected chi connectivity index (χ2v) is 38.9. The third-order valence-corrected chi connectivity index (χ3v) is 15.7. The lowest BCUT2D eigenvalue weighted by Gasteiger charge is -2.18. The fraction of sp³-hybridized carbons (Fsp3) is 0.765. The van der Waals surface area contributed by atoms with Crippen LogP contribution in [0, 0.1) is 47.3 Å². The van der Waals surface area contributed by atoms with E-state index in [1.54, 1.807) is 65.8 Å². The van der Waals surface area contributed by atoms with Gasteiger partial charge in [-0.2, -0.15) is 0 Å². The molecule has 6 atom stereocenters. The van der Waals surface area contributed by atoms with Crippen LogP contribution in [-0.2, 0) is 67.1 Å². The standard InChI is InChI=1S/C14H22N4O2.C12H22O3.C11H22N2O2.3C11H21NO4.C11H21NO2.C9H17NO2.C7H16N2O.CH4/c1-9(2)15-13(19)17-11-5-7-12(8-6-11)18-14(20)16-10(3)4;1-9(2)5-11(13)7-15-8-12(14)6-10(3)4;1-9(2)8-10(14)6-4-3-5-7-13-11(12)15;3*1-6(2)5-8(13)9(14)10(15)11(16)12-7(3)4;1-8(2)7-10(13)5-6-11(14)12-9(3)4;1-6(2)5-8(11)9(12)10-7(3)4;1-5(2)8-7(10)9-6(3)4;/h5-10H,1-4H3,(H2,15,17,19)(H2,16,18,20);9-10H,5-8H2,1-4H3;9H,3-8H2,1-2H3,(H3,12,13,15);3*6-7,9-10,14-15H,5H2,1-4H3,(H,12,16);8-9H,5-7H2,1-4H3,(H,12,14);6-7H,5H2,1-4H3,(H,10,12);5-6H,1-4H3,(H2,8,9,10);1H4/t;;;2*9-,10+;9-,10-;;;;/m...100..../s1. The third kappa shape index (κ3) is 100. The first-order chi connectivity index (χ1) is 61.4. The van der Waals surface area contributed by atoms with Crippen LogP contribution >= 0.6 is 0 Å². The molecule has 1 aromatic rings. The molecule has 0 saturated heterocycles. The Morgan fingerprint density at radius 2 is 0.533 bits per heavy atom. The molecule has 0 aliphatic carbocycles. The number of nitrogens with one attached hydrogen (secondary N) is 12. The summed E-state index contributed by atoms with van der Waals surface area (Å²) in [7, 11) is 0. The Labute approximate surface area is 809 Å². The number of urea groups is 4. The minimum atomic E-state index is -1.69. The number of ketones is 8. The smallest absolute Gasteiger partial charge is 0.319 e. The van der Waals surface area contributed by atoms with E-state index in [9.17, 15) is 112 Å². The number of carbonyl (C=O) groups is 17. The van der Waals surface area contributed by atoms with Crippen molar-refractivity contribution in [2.24, 2.45) is 53.1 Å². The third-order valence-electron chi connectivity index (χ3n) is 15.7. The Morgan fingerprint density at radius 3 is 0.785 bits per heavy atom. The molecule has 0 radical (unpaired) electrons. The van der Waals surface area contributed by atoms with Crippen molar-refractivity contribution >= 4 is 111 Å². The number of carbonyl (C=O) groups excluding carboxylic acids is 17. The first kappa shape index (κ1) is 144. The van der Waals surface area contributed by atoms with Crippen LogP contribution in [0.4, 0.5) is 30.6 Å². The number of amides is 13. The molecule has 0 bridgehead atoms. The largest absolute Gasteiger partial charge is 0.382 e. The normalized spacial score (nSPS) is 12.0. The van der Waals surface area contributed by atoms with Crippen LogP contribution in [0.5, 0.6) is 0 Å². The molecule has 13 amide bonds. The summed E-state index contributed by atoms with van der Waals surface area (Å²) >= 11 is 0. The van der Waals surface area contributed by atoms with Gasteiger partial charge < -0.3 is 105 Å². The van der Waals surface area contributed by atoms with Gasteiger partial charge in [-0.1, -0.05) is 125 Å². The van der Waals surface area contributed by atoms with Crippen molar-refractivity contribution in [3.05, 3.63) is 24.3 Å². The zero-order valence-corrected chi connectivity index (χ0v) is 87.7. The predicted molar refractivity (Wildman–Crippen MR) is 534 cm³/mol. The molecule has 0 saturated carbocycles. The van der Waals surface area contributed by atoms with Crippen LogP contribution in [0.15, 0.2) is 24.3 Å². The molecule has 0 aliphatic heterocycles. The number of aliphatic hydroxyl groups is 6. The number of hydrogen-bond acceptors (Lipinski definition) is 24.